The Bertz CT molecular complexity index is 473. The van der Waals surface area contributed by atoms with Gasteiger partial charge in [0.2, 0.25) is 0 Å². The van der Waals surface area contributed by atoms with Crippen LogP contribution >= 0.6 is 12.2 Å². The van der Waals surface area contributed by atoms with E-state index in [4.69, 9.17) is 22.7 Å². The van der Waals surface area contributed by atoms with E-state index >= 15 is 0 Å². The molecule has 1 aromatic carbocycles. The van der Waals surface area contributed by atoms with Gasteiger partial charge in [0.1, 0.15) is 17.1 Å². The molecule has 6 nitrogen and oxygen atoms in total. The maximum Gasteiger partial charge on any atom is 0.261 e. The number of thiocarbonyl (C=S) groups is 1. The van der Waals surface area contributed by atoms with Gasteiger partial charge in [-0.15, -0.1) is 0 Å². The number of benzene rings is 1. The number of carbonyl (C=O) groups is 1. The van der Waals surface area contributed by atoms with Crippen LogP contribution in [-0.2, 0) is 4.74 Å². The number of methoxy groups -OCH3 is 1. The molecule has 0 aliphatic rings. The molecule has 4 N–H and O–H groups in total. The number of carbonyl (C=O) groups excluding carboxylic acids is 1. The van der Waals surface area contributed by atoms with Crippen molar-refractivity contribution in [1.82, 2.24) is 4.90 Å². The van der Waals surface area contributed by atoms with E-state index in [2.05, 4.69) is 0 Å². The van der Waals surface area contributed by atoms with Crippen LogP contribution in [0, 0.1) is 0 Å². The summed E-state index contributed by atoms with van der Waals surface area (Å²) in [6.07, 6.45) is 0.360. The average Bonchev–Trinajstić information content (AvgIpc) is 2.38. The van der Waals surface area contributed by atoms with Crippen LogP contribution in [0.5, 0.6) is 11.5 Å². The SMILES string of the molecule is COCCN(CCC(N)=S)C(=O)c1c(O)cccc1O. The van der Waals surface area contributed by atoms with Crippen molar-refractivity contribution in [2.45, 2.75) is 6.42 Å². The van der Waals surface area contributed by atoms with Crippen molar-refractivity contribution in [1.29, 1.82) is 0 Å². The molecule has 0 spiro atoms. The van der Waals surface area contributed by atoms with Gasteiger partial charge >= 0.3 is 0 Å². The number of amides is 1. The van der Waals surface area contributed by atoms with Gasteiger partial charge < -0.3 is 25.6 Å². The highest BCUT2D eigenvalue weighted by Crippen LogP contribution is 2.27. The van der Waals surface area contributed by atoms with Crippen LogP contribution in [0.4, 0.5) is 0 Å². The van der Waals surface area contributed by atoms with E-state index in [9.17, 15) is 15.0 Å². The first kappa shape index (κ1) is 16.2. The maximum atomic E-state index is 12.4. The molecule has 0 saturated heterocycles. The van der Waals surface area contributed by atoms with E-state index in [1.807, 2.05) is 0 Å². The lowest BCUT2D eigenvalue weighted by Gasteiger charge is -2.23. The number of phenols is 2. The van der Waals surface area contributed by atoms with Crippen LogP contribution in [0.15, 0.2) is 18.2 Å². The van der Waals surface area contributed by atoms with Gasteiger partial charge in [-0.05, 0) is 12.1 Å². The van der Waals surface area contributed by atoms with E-state index in [0.717, 1.165) is 0 Å². The molecule has 0 radical (unpaired) electrons. The molecule has 0 unspecified atom stereocenters. The van der Waals surface area contributed by atoms with Crippen molar-refractivity contribution < 1.29 is 19.7 Å². The first-order chi connectivity index (χ1) is 9.47. The van der Waals surface area contributed by atoms with Crippen LogP contribution in [0.3, 0.4) is 0 Å². The number of hydrogen-bond donors (Lipinski definition) is 3. The average molecular weight is 298 g/mol. The molecule has 110 valence electrons. The van der Waals surface area contributed by atoms with Gasteiger partial charge in [0.25, 0.3) is 5.91 Å². The lowest BCUT2D eigenvalue weighted by atomic mass is 10.1. The van der Waals surface area contributed by atoms with E-state index in [1.165, 1.54) is 30.2 Å². The third kappa shape index (κ3) is 4.36. The molecule has 0 bridgehead atoms. The molecule has 7 heteroatoms. The number of ether oxygens (including phenoxy) is 1. The highest BCUT2D eigenvalue weighted by Gasteiger charge is 2.22. The zero-order chi connectivity index (χ0) is 15.1. The van der Waals surface area contributed by atoms with Crippen molar-refractivity contribution in [3.05, 3.63) is 23.8 Å². The second-order valence-corrected chi connectivity index (χ2v) is 4.70. The zero-order valence-corrected chi connectivity index (χ0v) is 12.0. The molecular weight excluding hydrogens is 280 g/mol. The first-order valence-electron chi connectivity index (χ1n) is 6.04. The molecule has 1 amide bonds. The molecule has 0 aliphatic carbocycles. The number of nitrogens with two attached hydrogens (primary N) is 1. The standard InChI is InChI=1S/C13H18N2O4S/c1-19-8-7-15(6-5-11(14)20)13(18)12-9(16)3-2-4-10(12)17/h2-4,16-17H,5-8H2,1H3,(H2,14,20). The van der Waals surface area contributed by atoms with E-state index in [1.54, 1.807) is 0 Å². The number of hydrogen-bond acceptors (Lipinski definition) is 5. The fourth-order valence-corrected chi connectivity index (χ4v) is 1.76. The van der Waals surface area contributed by atoms with Crippen LogP contribution in [0.2, 0.25) is 0 Å². The van der Waals surface area contributed by atoms with Crippen LogP contribution in [-0.4, -0.2) is 52.8 Å². The predicted octanol–water partition coefficient (Wildman–Crippen LogP) is 0.863. The topological polar surface area (TPSA) is 96.0 Å². The number of rotatable bonds is 7. The Balaban J connectivity index is 2.93. The summed E-state index contributed by atoms with van der Waals surface area (Å²) >= 11 is 4.79. The number of nitrogens with zero attached hydrogens (tertiary/aromatic N) is 1. The minimum Gasteiger partial charge on any atom is -0.507 e. The Morgan fingerprint density at radius 1 is 1.35 bits per heavy atom. The van der Waals surface area contributed by atoms with Gasteiger partial charge in [-0.2, -0.15) is 0 Å². The summed E-state index contributed by atoms with van der Waals surface area (Å²) in [4.78, 5) is 14.1. The van der Waals surface area contributed by atoms with Crippen molar-refractivity contribution in [3.63, 3.8) is 0 Å². The number of aromatic hydroxyl groups is 2. The van der Waals surface area contributed by atoms with Gasteiger partial charge in [-0.3, -0.25) is 4.79 Å². The monoisotopic (exact) mass is 298 g/mol. The van der Waals surface area contributed by atoms with Gasteiger partial charge in [0.15, 0.2) is 0 Å². The Labute approximate surface area is 122 Å². The largest absolute Gasteiger partial charge is 0.507 e. The van der Waals surface area contributed by atoms with E-state index in [0.29, 0.717) is 31.1 Å². The lowest BCUT2D eigenvalue weighted by Crippen LogP contribution is -2.36. The van der Waals surface area contributed by atoms with Crippen molar-refractivity contribution in [2.75, 3.05) is 26.8 Å². The minimum absolute atomic E-state index is 0.133. The predicted molar refractivity (Wildman–Crippen MR) is 79.0 cm³/mol. The Hall–Kier alpha value is -1.86. The molecule has 20 heavy (non-hydrogen) atoms. The first-order valence-corrected chi connectivity index (χ1v) is 6.45. The maximum absolute atomic E-state index is 12.4. The highest BCUT2D eigenvalue weighted by atomic mass is 32.1. The summed E-state index contributed by atoms with van der Waals surface area (Å²) < 4.78 is 4.94. The quantitative estimate of drug-likeness (QED) is 0.646. The highest BCUT2D eigenvalue weighted by molar-refractivity contribution is 7.80. The summed E-state index contributed by atoms with van der Waals surface area (Å²) in [7, 11) is 1.52. The lowest BCUT2D eigenvalue weighted by molar-refractivity contribution is 0.0695. The van der Waals surface area contributed by atoms with Crippen molar-refractivity contribution in [2.24, 2.45) is 5.73 Å². The summed E-state index contributed by atoms with van der Waals surface area (Å²) in [5.74, 6) is -1.03. The molecule has 0 fully saturated rings. The van der Waals surface area contributed by atoms with Crippen LogP contribution in [0.25, 0.3) is 0 Å². The van der Waals surface area contributed by atoms with Crippen LogP contribution in [0.1, 0.15) is 16.8 Å². The zero-order valence-electron chi connectivity index (χ0n) is 11.2. The Morgan fingerprint density at radius 2 is 1.95 bits per heavy atom. The smallest absolute Gasteiger partial charge is 0.261 e. The van der Waals surface area contributed by atoms with Gasteiger partial charge in [-0.25, -0.2) is 0 Å². The summed E-state index contributed by atoms with van der Waals surface area (Å²) in [6.45, 7) is 0.939. The summed E-state index contributed by atoms with van der Waals surface area (Å²) in [5, 5.41) is 19.4. The van der Waals surface area contributed by atoms with Gasteiger partial charge in [0.05, 0.1) is 11.6 Å². The molecule has 0 aliphatic heterocycles. The van der Waals surface area contributed by atoms with Crippen molar-refractivity contribution >= 4 is 23.1 Å². The second kappa shape index (κ2) is 7.66. The fourth-order valence-electron chi connectivity index (χ4n) is 1.67. The molecule has 0 aromatic heterocycles. The van der Waals surface area contributed by atoms with Gasteiger partial charge in [0, 0.05) is 26.6 Å². The molecule has 0 heterocycles. The second-order valence-electron chi connectivity index (χ2n) is 4.17. The molecule has 0 saturated carbocycles. The Kier molecular flexibility index (Phi) is 6.20. The summed E-state index contributed by atoms with van der Waals surface area (Å²) in [6, 6.07) is 4.14. The van der Waals surface area contributed by atoms with Gasteiger partial charge in [-0.1, -0.05) is 18.3 Å². The molecule has 0 atom stereocenters. The molecular formula is C13H18N2O4S. The van der Waals surface area contributed by atoms with Crippen molar-refractivity contribution in [3.8, 4) is 11.5 Å². The van der Waals surface area contributed by atoms with E-state index < -0.39 is 5.91 Å². The van der Waals surface area contributed by atoms with Crippen LogP contribution < -0.4 is 5.73 Å². The fraction of sp³-hybridized carbons (Fsp3) is 0.385. The molecule has 1 aromatic rings. The molecule has 1 rings (SSSR count). The normalized spacial score (nSPS) is 10.2. The number of phenolic OH excluding ortho intramolecular Hbond substituents is 2. The third-order valence-corrected chi connectivity index (χ3v) is 2.92. The minimum atomic E-state index is -0.492. The van der Waals surface area contributed by atoms with E-state index in [-0.39, 0.29) is 17.1 Å². The third-order valence-electron chi connectivity index (χ3n) is 2.71. The summed E-state index contributed by atoms with van der Waals surface area (Å²) in [5.41, 5.74) is 5.30. The Morgan fingerprint density at radius 3 is 2.45 bits per heavy atom.